The van der Waals surface area contributed by atoms with Gasteiger partial charge in [-0.25, -0.2) is 0 Å². The van der Waals surface area contributed by atoms with Crippen LogP contribution in [-0.2, 0) is 0 Å². The molecule has 2 unspecified atom stereocenters. The molecule has 0 spiro atoms. The van der Waals surface area contributed by atoms with Crippen LogP contribution in [0.4, 0.5) is 0 Å². The number of hydrogen-bond donors (Lipinski definition) is 0. The Morgan fingerprint density at radius 3 is 2.80 bits per heavy atom. The van der Waals surface area contributed by atoms with Crippen molar-refractivity contribution in [3.63, 3.8) is 0 Å². The molecule has 0 fully saturated rings. The fraction of sp³-hybridized carbons (Fsp3) is 0.889. The molecule has 0 aromatic heterocycles. The minimum atomic E-state index is 0.711. The highest BCUT2D eigenvalue weighted by Crippen LogP contribution is 2.16. The van der Waals surface area contributed by atoms with Gasteiger partial charge in [-0.1, -0.05) is 20.3 Å². The Labute approximate surface area is 63.5 Å². The van der Waals surface area contributed by atoms with Crippen LogP contribution in [0.2, 0.25) is 0 Å². The van der Waals surface area contributed by atoms with Gasteiger partial charge in [0, 0.05) is 12.8 Å². The molecule has 58 valence electrons. The lowest BCUT2D eigenvalue weighted by molar-refractivity contribution is 0.450. The van der Waals surface area contributed by atoms with E-state index in [0.29, 0.717) is 5.92 Å². The predicted octanol–water partition coefficient (Wildman–Crippen LogP) is 2.51. The van der Waals surface area contributed by atoms with E-state index in [1.54, 1.807) is 0 Å². The summed E-state index contributed by atoms with van der Waals surface area (Å²) in [7, 11) is 0. The summed E-state index contributed by atoms with van der Waals surface area (Å²) >= 11 is 0. The standard InChI is InChI=1S/C9H17N/c1-8-3-4-9(2)7-10-6-5-8/h7-9H,3-6H2,1-2H3. The Morgan fingerprint density at radius 2 is 2.00 bits per heavy atom. The maximum Gasteiger partial charge on any atom is 0.0388 e. The smallest absolute Gasteiger partial charge is 0.0388 e. The maximum atomic E-state index is 4.34. The Morgan fingerprint density at radius 1 is 1.20 bits per heavy atom. The Balaban J connectivity index is 2.38. The molecule has 0 radical (unpaired) electrons. The average Bonchev–Trinajstić information content (AvgIpc) is 1.90. The van der Waals surface area contributed by atoms with E-state index in [0.717, 1.165) is 12.5 Å². The van der Waals surface area contributed by atoms with Crippen molar-refractivity contribution in [2.24, 2.45) is 16.8 Å². The second-order valence-electron chi connectivity index (χ2n) is 3.50. The summed E-state index contributed by atoms with van der Waals surface area (Å²) in [6.07, 6.45) is 6.10. The molecule has 1 nitrogen and oxygen atoms in total. The zero-order valence-electron chi connectivity index (χ0n) is 7.01. The maximum absolute atomic E-state index is 4.34. The first-order valence-electron chi connectivity index (χ1n) is 4.29. The molecule has 0 amide bonds. The van der Waals surface area contributed by atoms with Gasteiger partial charge in [0.25, 0.3) is 0 Å². The quantitative estimate of drug-likeness (QED) is 0.489. The molecular weight excluding hydrogens is 122 g/mol. The highest BCUT2D eigenvalue weighted by Gasteiger charge is 2.06. The normalized spacial score (nSPS) is 35.0. The van der Waals surface area contributed by atoms with Crippen LogP contribution in [0, 0.1) is 11.8 Å². The Hall–Kier alpha value is -0.330. The molecule has 0 bridgehead atoms. The molecule has 0 aromatic rings. The number of rotatable bonds is 0. The van der Waals surface area contributed by atoms with Gasteiger partial charge in [-0.15, -0.1) is 0 Å². The molecule has 10 heavy (non-hydrogen) atoms. The zero-order valence-corrected chi connectivity index (χ0v) is 7.01. The third-order valence-corrected chi connectivity index (χ3v) is 2.23. The van der Waals surface area contributed by atoms with E-state index < -0.39 is 0 Å². The molecule has 0 aliphatic carbocycles. The summed E-state index contributed by atoms with van der Waals surface area (Å²) in [5.41, 5.74) is 0. The third kappa shape index (κ3) is 2.51. The molecule has 2 atom stereocenters. The summed E-state index contributed by atoms with van der Waals surface area (Å²) in [5.74, 6) is 1.60. The molecule has 1 rings (SSSR count). The van der Waals surface area contributed by atoms with Gasteiger partial charge in [0.15, 0.2) is 0 Å². The topological polar surface area (TPSA) is 12.4 Å². The minimum Gasteiger partial charge on any atom is -0.297 e. The molecule has 0 saturated heterocycles. The average molecular weight is 139 g/mol. The van der Waals surface area contributed by atoms with Crippen molar-refractivity contribution in [3.05, 3.63) is 0 Å². The van der Waals surface area contributed by atoms with E-state index in [2.05, 4.69) is 25.1 Å². The van der Waals surface area contributed by atoms with Crippen LogP contribution in [0.5, 0.6) is 0 Å². The monoisotopic (exact) mass is 139 g/mol. The van der Waals surface area contributed by atoms with Gasteiger partial charge in [-0.2, -0.15) is 0 Å². The zero-order chi connectivity index (χ0) is 7.40. The molecule has 0 saturated carbocycles. The molecule has 0 aromatic carbocycles. The first-order chi connectivity index (χ1) is 4.79. The number of hydrogen-bond acceptors (Lipinski definition) is 1. The molecule has 1 aliphatic heterocycles. The third-order valence-electron chi connectivity index (χ3n) is 2.23. The predicted molar refractivity (Wildman–Crippen MR) is 45.5 cm³/mol. The minimum absolute atomic E-state index is 0.711. The summed E-state index contributed by atoms with van der Waals surface area (Å²) < 4.78 is 0. The van der Waals surface area contributed by atoms with Crippen LogP contribution in [0.15, 0.2) is 4.99 Å². The molecule has 0 N–H and O–H groups in total. The van der Waals surface area contributed by atoms with E-state index in [4.69, 9.17) is 0 Å². The fourth-order valence-electron chi connectivity index (χ4n) is 1.32. The van der Waals surface area contributed by atoms with E-state index >= 15 is 0 Å². The van der Waals surface area contributed by atoms with E-state index in [9.17, 15) is 0 Å². The van der Waals surface area contributed by atoms with Gasteiger partial charge >= 0.3 is 0 Å². The Kier molecular flexibility index (Phi) is 2.91. The summed E-state index contributed by atoms with van der Waals surface area (Å²) in [6.45, 7) is 5.63. The van der Waals surface area contributed by atoms with Crippen LogP contribution in [0.1, 0.15) is 33.1 Å². The summed E-state index contributed by atoms with van der Waals surface area (Å²) in [5, 5.41) is 0. The van der Waals surface area contributed by atoms with Crippen LogP contribution in [0.3, 0.4) is 0 Å². The molecule has 1 aliphatic rings. The second-order valence-corrected chi connectivity index (χ2v) is 3.50. The van der Waals surface area contributed by atoms with Crippen molar-refractivity contribution in [1.29, 1.82) is 0 Å². The summed E-state index contributed by atoms with van der Waals surface area (Å²) in [4.78, 5) is 4.34. The summed E-state index contributed by atoms with van der Waals surface area (Å²) in [6, 6.07) is 0. The fourth-order valence-corrected chi connectivity index (χ4v) is 1.32. The van der Waals surface area contributed by atoms with Crippen molar-refractivity contribution in [1.82, 2.24) is 0 Å². The second kappa shape index (κ2) is 3.75. The van der Waals surface area contributed by atoms with E-state index in [-0.39, 0.29) is 0 Å². The van der Waals surface area contributed by atoms with Gasteiger partial charge in [0.2, 0.25) is 0 Å². The van der Waals surface area contributed by atoms with Crippen molar-refractivity contribution in [3.8, 4) is 0 Å². The molecular formula is C9H17N. The van der Waals surface area contributed by atoms with Crippen molar-refractivity contribution < 1.29 is 0 Å². The van der Waals surface area contributed by atoms with Gasteiger partial charge in [0.05, 0.1) is 0 Å². The van der Waals surface area contributed by atoms with Gasteiger partial charge in [-0.05, 0) is 24.7 Å². The van der Waals surface area contributed by atoms with Crippen molar-refractivity contribution in [2.75, 3.05) is 6.54 Å². The highest BCUT2D eigenvalue weighted by atomic mass is 14.7. The van der Waals surface area contributed by atoms with Crippen LogP contribution < -0.4 is 0 Å². The lowest BCUT2D eigenvalue weighted by atomic mass is 9.95. The number of nitrogens with zero attached hydrogens (tertiary/aromatic N) is 1. The van der Waals surface area contributed by atoms with Crippen molar-refractivity contribution in [2.45, 2.75) is 33.1 Å². The lowest BCUT2D eigenvalue weighted by Crippen LogP contribution is -2.06. The van der Waals surface area contributed by atoms with E-state index in [1.807, 2.05) is 0 Å². The van der Waals surface area contributed by atoms with Crippen LogP contribution in [-0.4, -0.2) is 12.8 Å². The van der Waals surface area contributed by atoms with Gasteiger partial charge in [-0.3, -0.25) is 4.99 Å². The van der Waals surface area contributed by atoms with Crippen molar-refractivity contribution >= 4 is 6.21 Å². The van der Waals surface area contributed by atoms with Crippen LogP contribution >= 0.6 is 0 Å². The molecule has 1 heteroatoms. The number of aliphatic imine (C=N–C) groups is 1. The Bertz CT molecular complexity index is 118. The lowest BCUT2D eigenvalue weighted by Gasteiger charge is -2.14. The van der Waals surface area contributed by atoms with Gasteiger partial charge < -0.3 is 0 Å². The first-order valence-corrected chi connectivity index (χ1v) is 4.29. The SMILES string of the molecule is CC1C=NCCC(C)CC1. The largest absolute Gasteiger partial charge is 0.297 e. The highest BCUT2D eigenvalue weighted by molar-refractivity contribution is 5.60. The van der Waals surface area contributed by atoms with E-state index in [1.165, 1.54) is 19.3 Å². The van der Waals surface area contributed by atoms with Crippen LogP contribution in [0.25, 0.3) is 0 Å². The molecule has 1 heterocycles. The van der Waals surface area contributed by atoms with Gasteiger partial charge in [0.1, 0.15) is 0 Å². The first kappa shape index (κ1) is 7.77.